The molecule has 0 aliphatic heterocycles. The molecule has 0 fully saturated rings. The predicted octanol–water partition coefficient (Wildman–Crippen LogP) is 6.46. The second-order valence-electron chi connectivity index (χ2n) is 5.88. The SMILES string of the molecule is C=C/C(F)=C\C(=C)C(C)CCC(C)C(C)CCCC. The Hall–Kier alpha value is -0.850. The van der Waals surface area contributed by atoms with Crippen molar-refractivity contribution in [2.75, 3.05) is 0 Å². The van der Waals surface area contributed by atoms with Crippen molar-refractivity contribution in [2.45, 2.75) is 59.8 Å². The van der Waals surface area contributed by atoms with Gasteiger partial charge in [-0.05, 0) is 48.3 Å². The molecule has 0 heterocycles. The van der Waals surface area contributed by atoms with Crippen molar-refractivity contribution in [2.24, 2.45) is 17.8 Å². The Morgan fingerprint density at radius 2 is 1.68 bits per heavy atom. The van der Waals surface area contributed by atoms with Crippen LogP contribution in [0.4, 0.5) is 4.39 Å². The van der Waals surface area contributed by atoms with Crippen molar-refractivity contribution in [3.05, 3.63) is 36.7 Å². The van der Waals surface area contributed by atoms with Gasteiger partial charge in [0.15, 0.2) is 0 Å². The Labute approximate surface area is 119 Å². The van der Waals surface area contributed by atoms with Crippen molar-refractivity contribution >= 4 is 0 Å². The molecule has 0 radical (unpaired) electrons. The fourth-order valence-electron chi connectivity index (χ4n) is 2.17. The zero-order valence-corrected chi connectivity index (χ0v) is 13.2. The van der Waals surface area contributed by atoms with Gasteiger partial charge < -0.3 is 0 Å². The molecular formula is C18H31F. The molecule has 3 unspecified atom stereocenters. The van der Waals surface area contributed by atoms with E-state index in [1.807, 2.05) is 0 Å². The summed E-state index contributed by atoms with van der Waals surface area (Å²) in [7, 11) is 0. The van der Waals surface area contributed by atoms with Crippen molar-refractivity contribution in [1.82, 2.24) is 0 Å². The molecule has 3 atom stereocenters. The summed E-state index contributed by atoms with van der Waals surface area (Å²) >= 11 is 0. The molecule has 0 amide bonds. The van der Waals surface area contributed by atoms with E-state index in [2.05, 4.69) is 40.9 Å². The summed E-state index contributed by atoms with van der Waals surface area (Å²) in [6.45, 7) is 16.4. The number of halogens is 1. The monoisotopic (exact) mass is 266 g/mol. The molecule has 19 heavy (non-hydrogen) atoms. The van der Waals surface area contributed by atoms with E-state index >= 15 is 0 Å². The van der Waals surface area contributed by atoms with Gasteiger partial charge in [0, 0.05) is 0 Å². The van der Waals surface area contributed by atoms with Gasteiger partial charge in [-0.25, -0.2) is 4.39 Å². The average molecular weight is 266 g/mol. The number of hydrogen-bond donors (Lipinski definition) is 0. The molecule has 110 valence electrons. The van der Waals surface area contributed by atoms with Gasteiger partial charge in [-0.15, -0.1) is 0 Å². The first-order valence-electron chi connectivity index (χ1n) is 7.60. The second-order valence-corrected chi connectivity index (χ2v) is 5.88. The number of allylic oxidation sites excluding steroid dienone is 4. The molecule has 0 saturated carbocycles. The van der Waals surface area contributed by atoms with Gasteiger partial charge in [0.2, 0.25) is 0 Å². The Kier molecular flexibility index (Phi) is 9.55. The first-order chi connectivity index (χ1) is 8.92. The van der Waals surface area contributed by atoms with E-state index in [0.717, 1.165) is 23.8 Å². The lowest BCUT2D eigenvalue weighted by atomic mass is 9.84. The summed E-state index contributed by atoms with van der Waals surface area (Å²) in [5, 5.41) is 0. The molecular weight excluding hydrogens is 235 g/mol. The van der Waals surface area contributed by atoms with Gasteiger partial charge in [0.25, 0.3) is 0 Å². The Morgan fingerprint density at radius 3 is 2.21 bits per heavy atom. The van der Waals surface area contributed by atoms with Crippen molar-refractivity contribution in [3.8, 4) is 0 Å². The number of unbranched alkanes of at least 4 members (excludes halogenated alkanes) is 1. The summed E-state index contributed by atoms with van der Waals surface area (Å²) in [6.07, 6.45) is 8.91. The lowest BCUT2D eigenvalue weighted by Gasteiger charge is -2.21. The van der Waals surface area contributed by atoms with Crippen LogP contribution in [0, 0.1) is 17.8 Å². The third kappa shape index (κ3) is 8.02. The normalized spacial score (nSPS) is 16.8. The first kappa shape index (κ1) is 18.1. The second kappa shape index (κ2) is 10.00. The molecule has 0 aliphatic rings. The highest BCUT2D eigenvalue weighted by Gasteiger charge is 2.14. The maximum atomic E-state index is 13.1. The van der Waals surface area contributed by atoms with Crippen LogP contribution in [0.25, 0.3) is 0 Å². The van der Waals surface area contributed by atoms with E-state index in [1.165, 1.54) is 37.8 Å². The summed E-state index contributed by atoms with van der Waals surface area (Å²) in [5.41, 5.74) is 0.866. The standard InChI is InChI=1S/C18H31F/c1-7-9-10-14(3)15(4)11-12-16(5)17(6)13-18(19)8-2/h8,13-16H,2,6-7,9-12H2,1,3-5H3/b18-13+. The van der Waals surface area contributed by atoms with E-state index in [4.69, 9.17) is 0 Å². The van der Waals surface area contributed by atoms with Gasteiger partial charge in [-0.1, -0.05) is 60.1 Å². The van der Waals surface area contributed by atoms with E-state index in [1.54, 1.807) is 0 Å². The largest absolute Gasteiger partial charge is 0.207 e. The maximum Gasteiger partial charge on any atom is 0.122 e. The highest BCUT2D eigenvalue weighted by molar-refractivity contribution is 5.24. The molecule has 1 heteroatoms. The van der Waals surface area contributed by atoms with Gasteiger partial charge in [-0.3, -0.25) is 0 Å². The first-order valence-corrected chi connectivity index (χ1v) is 7.60. The highest BCUT2D eigenvalue weighted by Crippen LogP contribution is 2.26. The fraction of sp³-hybridized carbons (Fsp3) is 0.667. The van der Waals surface area contributed by atoms with Gasteiger partial charge in [0.1, 0.15) is 5.83 Å². The Balaban J connectivity index is 4.11. The zero-order chi connectivity index (χ0) is 14.8. The zero-order valence-electron chi connectivity index (χ0n) is 13.2. The minimum Gasteiger partial charge on any atom is -0.207 e. The molecule has 0 aromatic heterocycles. The molecule has 0 saturated heterocycles. The fourth-order valence-corrected chi connectivity index (χ4v) is 2.17. The third-order valence-electron chi connectivity index (χ3n) is 4.19. The number of hydrogen-bond acceptors (Lipinski definition) is 0. The van der Waals surface area contributed by atoms with Crippen LogP contribution in [0.3, 0.4) is 0 Å². The maximum absolute atomic E-state index is 13.1. The summed E-state index contributed by atoms with van der Waals surface area (Å²) in [5.74, 6) is 1.56. The Bertz CT molecular complexity index is 301. The van der Waals surface area contributed by atoms with Crippen molar-refractivity contribution in [3.63, 3.8) is 0 Å². The lowest BCUT2D eigenvalue weighted by molar-refractivity contribution is 0.318. The van der Waals surface area contributed by atoms with Crippen LogP contribution in [0.1, 0.15) is 59.8 Å². The predicted molar refractivity (Wildman–Crippen MR) is 84.8 cm³/mol. The van der Waals surface area contributed by atoms with E-state index in [0.29, 0.717) is 5.92 Å². The van der Waals surface area contributed by atoms with E-state index in [9.17, 15) is 4.39 Å². The van der Waals surface area contributed by atoms with E-state index < -0.39 is 0 Å². The van der Waals surface area contributed by atoms with Gasteiger partial charge in [-0.2, -0.15) is 0 Å². The van der Waals surface area contributed by atoms with E-state index in [-0.39, 0.29) is 5.83 Å². The quantitative estimate of drug-likeness (QED) is 0.398. The van der Waals surface area contributed by atoms with Crippen LogP contribution in [0.2, 0.25) is 0 Å². The van der Waals surface area contributed by atoms with Crippen molar-refractivity contribution in [1.29, 1.82) is 0 Å². The van der Waals surface area contributed by atoms with Gasteiger partial charge >= 0.3 is 0 Å². The highest BCUT2D eigenvalue weighted by atomic mass is 19.1. The smallest absolute Gasteiger partial charge is 0.122 e. The summed E-state index contributed by atoms with van der Waals surface area (Å²) in [6, 6.07) is 0. The van der Waals surface area contributed by atoms with Crippen LogP contribution in [-0.4, -0.2) is 0 Å². The van der Waals surface area contributed by atoms with Gasteiger partial charge in [0.05, 0.1) is 0 Å². The molecule has 0 aliphatic carbocycles. The topological polar surface area (TPSA) is 0 Å². The molecule has 0 spiro atoms. The van der Waals surface area contributed by atoms with Crippen LogP contribution >= 0.6 is 0 Å². The summed E-state index contributed by atoms with van der Waals surface area (Å²) in [4.78, 5) is 0. The van der Waals surface area contributed by atoms with Crippen LogP contribution in [-0.2, 0) is 0 Å². The molecule has 0 N–H and O–H groups in total. The molecule has 0 nitrogen and oxygen atoms in total. The average Bonchev–Trinajstić information content (AvgIpc) is 2.40. The molecule has 0 aromatic rings. The van der Waals surface area contributed by atoms with Crippen LogP contribution < -0.4 is 0 Å². The van der Waals surface area contributed by atoms with Crippen LogP contribution in [0.15, 0.2) is 36.7 Å². The minimum atomic E-state index is -0.291. The minimum absolute atomic E-state index is 0.291. The molecule has 0 bridgehead atoms. The summed E-state index contributed by atoms with van der Waals surface area (Å²) < 4.78 is 13.1. The van der Waals surface area contributed by atoms with Crippen LogP contribution in [0.5, 0.6) is 0 Å². The third-order valence-corrected chi connectivity index (χ3v) is 4.19. The lowest BCUT2D eigenvalue weighted by Crippen LogP contribution is -2.10. The Morgan fingerprint density at radius 1 is 1.11 bits per heavy atom. The molecule has 0 aromatic carbocycles. The molecule has 0 rings (SSSR count). The number of rotatable bonds is 10. The van der Waals surface area contributed by atoms with Crippen molar-refractivity contribution < 1.29 is 4.39 Å².